The Morgan fingerprint density at radius 3 is 2.50 bits per heavy atom. The van der Waals surface area contributed by atoms with Gasteiger partial charge in [0.25, 0.3) is 11.6 Å². The van der Waals surface area contributed by atoms with Gasteiger partial charge >= 0.3 is 0 Å². The second-order valence-electron chi connectivity index (χ2n) is 7.24. The molecule has 156 valence electrons. The van der Waals surface area contributed by atoms with Gasteiger partial charge in [0.1, 0.15) is 5.75 Å². The van der Waals surface area contributed by atoms with Gasteiger partial charge in [-0.2, -0.15) is 0 Å². The van der Waals surface area contributed by atoms with Crippen LogP contribution < -0.4 is 4.74 Å². The summed E-state index contributed by atoms with van der Waals surface area (Å²) in [6.07, 6.45) is 0. The normalized spacial score (nSPS) is 14.8. The van der Waals surface area contributed by atoms with E-state index in [1.54, 1.807) is 12.1 Å². The third-order valence-electron chi connectivity index (χ3n) is 5.22. The lowest BCUT2D eigenvalue weighted by Crippen LogP contribution is -2.48. The molecule has 2 heterocycles. The van der Waals surface area contributed by atoms with Gasteiger partial charge in [-0.1, -0.05) is 12.1 Å². The van der Waals surface area contributed by atoms with Crippen LogP contribution in [0.3, 0.4) is 0 Å². The fraction of sp³-hybridized carbons (Fsp3) is 0.318. The minimum absolute atomic E-state index is 0.000398. The van der Waals surface area contributed by atoms with Crippen LogP contribution in [-0.2, 0) is 6.54 Å². The number of hydrogen-bond acceptors (Lipinski definition) is 6. The molecule has 0 unspecified atom stereocenters. The summed E-state index contributed by atoms with van der Waals surface area (Å²) in [5, 5.41) is 11.7. The van der Waals surface area contributed by atoms with Crippen molar-refractivity contribution in [1.82, 2.24) is 9.80 Å². The molecule has 3 aromatic rings. The van der Waals surface area contributed by atoms with Crippen LogP contribution in [0.4, 0.5) is 5.69 Å². The fourth-order valence-electron chi connectivity index (χ4n) is 3.63. The summed E-state index contributed by atoms with van der Waals surface area (Å²) >= 11 is 1.39. The van der Waals surface area contributed by atoms with Crippen LogP contribution >= 0.6 is 11.3 Å². The van der Waals surface area contributed by atoms with E-state index >= 15 is 0 Å². The van der Waals surface area contributed by atoms with Gasteiger partial charge in [0.15, 0.2) is 0 Å². The number of nitrogens with zero attached hydrogens (tertiary/aromatic N) is 3. The number of non-ortho nitro benzene ring substituents is 1. The average molecular weight is 426 g/mol. The summed E-state index contributed by atoms with van der Waals surface area (Å²) in [5.41, 5.74) is 1.27. The molecule has 1 fully saturated rings. The summed E-state index contributed by atoms with van der Waals surface area (Å²) in [6, 6.07) is 14.6. The third-order valence-corrected chi connectivity index (χ3v) is 6.33. The lowest BCUT2D eigenvalue weighted by Gasteiger charge is -2.34. The van der Waals surface area contributed by atoms with Crippen LogP contribution in [0.2, 0.25) is 0 Å². The van der Waals surface area contributed by atoms with Crippen molar-refractivity contribution >= 4 is 33.0 Å². The highest BCUT2D eigenvalue weighted by atomic mass is 32.1. The Morgan fingerprint density at radius 2 is 1.83 bits per heavy atom. The molecule has 1 amide bonds. The Balaban J connectivity index is 1.36. The number of thiophene rings is 1. The molecule has 30 heavy (non-hydrogen) atoms. The summed E-state index contributed by atoms with van der Waals surface area (Å²) in [4.78, 5) is 28.3. The van der Waals surface area contributed by atoms with Gasteiger partial charge < -0.3 is 9.64 Å². The van der Waals surface area contributed by atoms with Crippen molar-refractivity contribution in [2.75, 3.05) is 32.8 Å². The number of piperazine rings is 1. The van der Waals surface area contributed by atoms with E-state index in [0.29, 0.717) is 24.6 Å². The quantitative estimate of drug-likeness (QED) is 0.438. The fourth-order valence-corrected chi connectivity index (χ4v) is 4.64. The number of ether oxygens (including phenoxy) is 1. The Labute approximate surface area is 178 Å². The van der Waals surface area contributed by atoms with Gasteiger partial charge in [-0.3, -0.25) is 19.8 Å². The largest absolute Gasteiger partial charge is 0.494 e. The molecule has 0 aliphatic carbocycles. The first-order valence-corrected chi connectivity index (χ1v) is 10.8. The molecule has 1 aliphatic rings. The maximum atomic E-state index is 12.9. The van der Waals surface area contributed by atoms with Crippen LogP contribution in [0.15, 0.2) is 48.5 Å². The van der Waals surface area contributed by atoms with Gasteiger partial charge in [-0.15, -0.1) is 11.3 Å². The van der Waals surface area contributed by atoms with Crippen LogP contribution in [0, 0.1) is 10.1 Å². The van der Waals surface area contributed by atoms with E-state index in [4.69, 9.17) is 4.74 Å². The highest BCUT2D eigenvalue weighted by Crippen LogP contribution is 2.30. The van der Waals surface area contributed by atoms with Crippen molar-refractivity contribution in [3.63, 3.8) is 0 Å². The standard InChI is InChI=1S/C22H23N3O4S/c1-2-29-19-6-3-16(4-7-19)15-23-9-11-24(12-10-23)22(26)21-14-17-13-18(25(27)28)5-8-20(17)30-21/h3-8,13-14H,2,9-12,15H2,1H3. The summed E-state index contributed by atoms with van der Waals surface area (Å²) < 4.78 is 6.37. The average Bonchev–Trinajstić information content (AvgIpc) is 3.19. The van der Waals surface area contributed by atoms with E-state index in [9.17, 15) is 14.9 Å². The van der Waals surface area contributed by atoms with Gasteiger partial charge in [0.2, 0.25) is 0 Å². The Kier molecular flexibility index (Phi) is 5.96. The molecule has 1 aromatic heterocycles. The zero-order valence-corrected chi connectivity index (χ0v) is 17.6. The molecular weight excluding hydrogens is 402 g/mol. The van der Waals surface area contributed by atoms with Crippen LogP contribution in [0.5, 0.6) is 5.75 Å². The lowest BCUT2D eigenvalue weighted by atomic mass is 10.2. The van der Waals surface area contributed by atoms with Crippen molar-refractivity contribution in [3.8, 4) is 5.75 Å². The van der Waals surface area contributed by atoms with E-state index in [1.165, 1.54) is 29.0 Å². The third kappa shape index (κ3) is 4.44. The Hall–Kier alpha value is -2.97. The van der Waals surface area contributed by atoms with E-state index < -0.39 is 4.92 Å². The topological polar surface area (TPSA) is 75.9 Å². The number of benzene rings is 2. The van der Waals surface area contributed by atoms with Crippen molar-refractivity contribution in [1.29, 1.82) is 0 Å². The predicted octanol–water partition coefficient (Wildman–Crippen LogP) is 4.17. The molecule has 1 aliphatic heterocycles. The molecule has 0 bridgehead atoms. The molecule has 0 spiro atoms. The minimum atomic E-state index is -0.414. The van der Waals surface area contributed by atoms with Gasteiger partial charge in [0, 0.05) is 54.9 Å². The van der Waals surface area contributed by atoms with Gasteiger partial charge in [0.05, 0.1) is 16.4 Å². The maximum absolute atomic E-state index is 12.9. The zero-order valence-electron chi connectivity index (χ0n) is 16.7. The van der Waals surface area contributed by atoms with Gasteiger partial charge in [-0.05, 0) is 36.8 Å². The number of fused-ring (bicyclic) bond motifs is 1. The van der Waals surface area contributed by atoms with Gasteiger partial charge in [-0.25, -0.2) is 0 Å². The number of rotatable bonds is 6. The van der Waals surface area contributed by atoms with Crippen LogP contribution in [0.25, 0.3) is 10.1 Å². The highest BCUT2D eigenvalue weighted by molar-refractivity contribution is 7.20. The molecular formula is C22H23N3O4S. The molecule has 8 heteroatoms. The Morgan fingerprint density at radius 1 is 1.10 bits per heavy atom. The second kappa shape index (κ2) is 8.81. The van der Waals surface area contributed by atoms with E-state index in [1.807, 2.05) is 24.0 Å². The molecule has 0 N–H and O–H groups in total. The number of nitro benzene ring substituents is 1. The maximum Gasteiger partial charge on any atom is 0.270 e. The smallest absolute Gasteiger partial charge is 0.270 e. The number of amides is 1. The van der Waals surface area contributed by atoms with Crippen molar-refractivity contribution < 1.29 is 14.5 Å². The zero-order chi connectivity index (χ0) is 21.1. The molecule has 0 saturated carbocycles. The molecule has 0 atom stereocenters. The number of carbonyl (C=O) groups is 1. The Bertz CT molecular complexity index is 1060. The second-order valence-corrected chi connectivity index (χ2v) is 8.32. The van der Waals surface area contributed by atoms with Crippen molar-refractivity contribution in [2.45, 2.75) is 13.5 Å². The lowest BCUT2D eigenvalue weighted by molar-refractivity contribution is -0.384. The van der Waals surface area contributed by atoms with Crippen LogP contribution in [0.1, 0.15) is 22.2 Å². The molecule has 1 saturated heterocycles. The number of nitro groups is 1. The van der Waals surface area contributed by atoms with E-state index in [-0.39, 0.29) is 11.6 Å². The predicted molar refractivity (Wildman–Crippen MR) is 117 cm³/mol. The number of hydrogen-bond donors (Lipinski definition) is 0. The molecule has 4 rings (SSSR count). The molecule has 0 radical (unpaired) electrons. The van der Waals surface area contributed by atoms with Crippen molar-refractivity contribution in [3.05, 3.63) is 69.1 Å². The van der Waals surface area contributed by atoms with Crippen molar-refractivity contribution in [2.24, 2.45) is 0 Å². The minimum Gasteiger partial charge on any atom is -0.494 e. The number of carbonyl (C=O) groups excluding carboxylic acids is 1. The first-order valence-electron chi connectivity index (χ1n) is 9.95. The summed E-state index contributed by atoms with van der Waals surface area (Å²) in [7, 11) is 0. The molecule has 2 aromatic carbocycles. The summed E-state index contributed by atoms with van der Waals surface area (Å²) in [6.45, 7) is 6.45. The molecule has 7 nitrogen and oxygen atoms in total. The SMILES string of the molecule is CCOc1ccc(CN2CCN(C(=O)c3cc4cc([N+](=O)[O-])ccc4s3)CC2)cc1. The highest BCUT2D eigenvalue weighted by Gasteiger charge is 2.24. The summed E-state index contributed by atoms with van der Waals surface area (Å²) in [5.74, 6) is 0.880. The van der Waals surface area contributed by atoms with E-state index in [0.717, 1.165) is 35.5 Å². The van der Waals surface area contributed by atoms with Crippen LogP contribution in [-0.4, -0.2) is 53.4 Å². The monoisotopic (exact) mass is 425 g/mol. The first kappa shape index (κ1) is 20.3. The van der Waals surface area contributed by atoms with E-state index in [2.05, 4.69) is 17.0 Å². The first-order chi connectivity index (χ1) is 14.5.